The van der Waals surface area contributed by atoms with E-state index in [4.69, 9.17) is 5.73 Å². The van der Waals surface area contributed by atoms with Crippen molar-refractivity contribution in [2.24, 2.45) is 5.73 Å². The summed E-state index contributed by atoms with van der Waals surface area (Å²) in [5.74, 6) is 0.117. The van der Waals surface area contributed by atoms with E-state index in [1.54, 1.807) is 0 Å². The van der Waals surface area contributed by atoms with E-state index >= 15 is 0 Å². The van der Waals surface area contributed by atoms with Crippen molar-refractivity contribution in [3.63, 3.8) is 0 Å². The minimum absolute atomic E-state index is 0.101. The number of carbonyl (C=O) groups excluding carboxylic acids is 1. The monoisotopic (exact) mass is 218 g/mol. The Bertz CT molecular complexity index is 401. The van der Waals surface area contributed by atoms with Gasteiger partial charge in [-0.2, -0.15) is 0 Å². The Morgan fingerprint density at radius 2 is 2.25 bits per heavy atom. The molecule has 0 radical (unpaired) electrons. The maximum absolute atomic E-state index is 11.4. The lowest BCUT2D eigenvalue weighted by Crippen LogP contribution is -2.11. The molecule has 86 valence electrons. The van der Waals surface area contributed by atoms with Crippen LogP contribution < -0.4 is 11.1 Å². The first kappa shape index (κ1) is 11.1. The number of hydrogen-bond acceptors (Lipinski definition) is 2. The maximum Gasteiger partial charge on any atom is 0.224 e. The van der Waals surface area contributed by atoms with E-state index in [0.29, 0.717) is 6.42 Å². The van der Waals surface area contributed by atoms with Crippen molar-refractivity contribution in [2.45, 2.75) is 38.6 Å². The number of aryl methyl sites for hydroxylation is 1. The van der Waals surface area contributed by atoms with Crippen LogP contribution in [0.3, 0.4) is 0 Å². The number of fused-ring (bicyclic) bond motifs is 1. The molecular formula is C13H18N2O. The van der Waals surface area contributed by atoms with Crippen molar-refractivity contribution >= 4 is 11.6 Å². The van der Waals surface area contributed by atoms with Crippen LogP contribution in [0.15, 0.2) is 18.2 Å². The lowest BCUT2D eigenvalue weighted by Gasteiger charge is -2.13. The van der Waals surface area contributed by atoms with Crippen LogP contribution in [0.1, 0.15) is 43.4 Å². The molecule has 1 atom stereocenters. The van der Waals surface area contributed by atoms with E-state index < -0.39 is 0 Å². The number of anilines is 1. The van der Waals surface area contributed by atoms with Crippen molar-refractivity contribution in [3.05, 3.63) is 29.3 Å². The summed E-state index contributed by atoms with van der Waals surface area (Å²) in [5.41, 5.74) is 9.34. The number of nitrogens with two attached hydrogens (primary N) is 1. The zero-order chi connectivity index (χ0) is 11.5. The van der Waals surface area contributed by atoms with E-state index in [9.17, 15) is 4.79 Å². The standard InChI is InChI=1S/C13H18N2O/c1-2-11(14)9-6-7-12-10(8-9)4-3-5-13(16)15-12/h6-8,11H,2-5,14H2,1H3,(H,15,16)/t11-/m1/s1. The highest BCUT2D eigenvalue weighted by atomic mass is 16.1. The topological polar surface area (TPSA) is 55.1 Å². The van der Waals surface area contributed by atoms with Gasteiger partial charge in [-0.1, -0.05) is 19.1 Å². The molecule has 3 heteroatoms. The largest absolute Gasteiger partial charge is 0.326 e. The van der Waals surface area contributed by atoms with Crippen LogP contribution in [0, 0.1) is 0 Å². The maximum atomic E-state index is 11.4. The van der Waals surface area contributed by atoms with Gasteiger partial charge in [0.15, 0.2) is 0 Å². The molecule has 3 N–H and O–H groups in total. The Morgan fingerprint density at radius 1 is 1.44 bits per heavy atom. The van der Waals surface area contributed by atoms with Crippen LogP contribution in [0.5, 0.6) is 0 Å². The second-order valence-corrected chi connectivity index (χ2v) is 4.33. The molecule has 0 spiro atoms. The molecule has 2 rings (SSSR count). The first-order valence-electron chi connectivity index (χ1n) is 5.89. The second-order valence-electron chi connectivity index (χ2n) is 4.33. The van der Waals surface area contributed by atoms with Gasteiger partial charge >= 0.3 is 0 Å². The van der Waals surface area contributed by atoms with E-state index in [1.807, 2.05) is 12.1 Å². The molecule has 1 aromatic rings. The molecule has 0 bridgehead atoms. The van der Waals surface area contributed by atoms with Crippen LogP contribution in [-0.4, -0.2) is 5.91 Å². The third-order valence-corrected chi connectivity index (χ3v) is 3.12. The number of amides is 1. The molecule has 0 unspecified atom stereocenters. The molecule has 1 amide bonds. The predicted octanol–water partition coefficient (Wildman–Crippen LogP) is 2.37. The van der Waals surface area contributed by atoms with Crippen LogP contribution >= 0.6 is 0 Å². The highest BCUT2D eigenvalue weighted by Gasteiger charge is 2.14. The van der Waals surface area contributed by atoms with E-state index in [2.05, 4.69) is 18.3 Å². The summed E-state index contributed by atoms with van der Waals surface area (Å²) in [6, 6.07) is 6.22. The molecule has 1 aliphatic heterocycles. The minimum Gasteiger partial charge on any atom is -0.326 e. The fraction of sp³-hybridized carbons (Fsp3) is 0.462. The van der Waals surface area contributed by atoms with Crippen molar-refractivity contribution in [3.8, 4) is 0 Å². The number of rotatable bonds is 2. The van der Waals surface area contributed by atoms with Gasteiger partial charge in [0.2, 0.25) is 5.91 Å². The first-order valence-corrected chi connectivity index (χ1v) is 5.89. The molecule has 0 saturated carbocycles. The summed E-state index contributed by atoms with van der Waals surface area (Å²) in [4.78, 5) is 11.4. The van der Waals surface area contributed by atoms with Crippen LogP contribution in [0.2, 0.25) is 0 Å². The Kier molecular flexibility index (Phi) is 3.25. The van der Waals surface area contributed by atoms with Crippen molar-refractivity contribution in [1.82, 2.24) is 0 Å². The molecule has 1 heterocycles. The molecule has 3 nitrogen and oxygen atoms in total. The number of carbonyl (C=O) groups is 1. The SMILES string of the molecule is CC[C@@H](N)c1ccc2c(c1)CCCC(=O)N2. The summed E-state index contributed by atoms with van der Waals surface area (Å²) >= 11 is 0. The quantitative estimate of drug-likeness (QED) is 0.800. The summed E-state index contributed by atoms with van der Waals surface area (Å²) in [6.45, 7) is 2.08. The van der Waals surface area contributed by atoms with Crippen molar-refractivity contribution < 1.29 is 4.79 Å². The third-order valence-electron chi connectivity index (χ3n) is 3.12. The zero-order valence-corrected chi connectivity index (χ0v) is 9.62. The van der Waals surface area contributed by atoms with E-state index in [1.165, 1.54) is 5.56 Å². The van der Waals surface area contributed by atoms with Gasteiger partial charge in [0.1, 0.15) is 0 Å². The first-order chi connectivity index (χ1) is 7.70. The summed E-state index contributed by atoms with van der Waals surface area (Å²) < 4.78 is 0. The smallest absolute Gasteiger partial charge is 0.224 e. The minimum atomic E-state index is 0.101. The second kappa shape index (κ2) is 4.66. The fourth-order valence-electron chi connectivity index (χ4n) is 2.06. The van der Waals surface area contributed by atoms with E-state index in [0.717, 1.165) is 30.5 Å². The highest BCUT2D eigenvalue weighted by Crippen LogP contribution is 2.25. The Hall–Kier alpha value is -1.35. The van der Waals surface area contributed by atoms with Crippen LogP contribution in [0.25, 0.3) is 0 Å². The van der Waals surface area contributed by atoms with Gasteiger partial charge < -0.3 is 11.1 Å². The Balaban J connectivity index is 2.31. The zero-order valence-electron chi connectivity index (χ0n) is 9.62. The van der Waals surface area contributed by atoms with Crippen LogP contribution in [-0.2, 0) is 11.2 Å². The molecule has 0 saturated heterocycles. The molecule has 0 aromatic heterocycles. The van der Waals surface area contributed by atoms with Gasteiger partial charge in [0, 0.05) is 18.2 Å². The summed E-state index contributed by atoms with van der Waals surface area (Å²) in [6.07, 6.45) is 3.43. The number of hydrogen-bond donors (Lipinski definition) is 2. The Labute approximate surface area is 96.0 Å². The molecule has 16 heavy (non-hydrogen) atoms. The van der Waals surface area contributed by atoms with Gasteiger partial charge in [-0.05, 0) is 36.5 Å². The fourth-order valence-corrected chi connectivity index (χ4v) is 2.06. The summed E-state index contributed by atoms with van der Waals surface area (Å²) in [7, 11) is 0. The highest BCUT2D eigenvalue weighted by molar-refractivity contribution is 5.92. The van der Waals surface area contributed by atoms with Gasteiger partial charge in [0.25, 0.3) is 0 Å². The normalized spacial score (nSPS) is 17.2. The van der Waals surface area contributed by atoms with Gasteiger partial charge in [0.05, 0.1) is 0 Å². The molecule has 0 aliphatic carbocycles. The third kappa shape index (κ3) is 2.25. The van der Waals surface area contributed by atoms with Crippen molar-refractivity contribution in [1.29, 1.82) is 0 Å². The predicted molar refractivity (Wildman–Crippen MR) is 65.2 cm³/mol. The number of nitrogens with one attached hydrogen (secondary N) is 1. The van der Waals surface area contributed by atoms with Gasteiger partial charge in [-0.15, -0.1) is 0 Å². The van der Waals surface area contributed by atoms with Crippen molar-refractivity contribution in [2.75, 3.05) is 5.32 Å². The molecule has 1 aliphatic rings. The average molecular weight is 218 g/mol. The molecule has 1 aromatic carbocycles. The van der Waals surface area contributed by atoms with E-state index in [-0.39, 0.29) is 11.9 Å². The number of benzene rings is 1. The summed E-state index contributed by atoms with van der Waals surface area (Å²) in [5, 5.41) is 2.93. The lowest BCUT2D eigenvalue weighted by atomic mass is 9.99. The van der Waals surface area contributed by atoms with Crippen LogP contribution in [0.4, 0.5) is 5.69 Å². The van der Waals surface area contributed by atoms with Gasteiger partial charge in [-0.3, -0.25) is 4.79 Å². The Morgan fingerprint density at radius 3 is 3.00 bits per heavy atom. The molecular weight excluding hydrogens is 200 g/mol. The molecule has 0 fully saturated rings. The lowest BCUT2D eigenvalue weighted by molar-refractivity contribution is -0.116. The van der Waals surface area contributed by atoms with Gasteiger partial charge in [-0.25, -0.2) is 0 Å². The average Bonchev–Trinajstić information content (AvgIpc) is 2.47.